The number of aliphatic hydroxyl groups is 5. The summed E-state index contributed by atoms with van der Waals surface area (Å²) in [6, 6.07) is 0. The Morgan fingerprint density at radius 1 is 0.225 bits per heavy atom. The number of rotatable bonds is 5. The van der Waals surface area contributed by atoms with E-state index >= 15 is 0 Å². The Balaban J connectivity index is 0.000000117. The molecule has 20 saturated carbocycles. The first-order valence-electron chi connectivity index (χ1n) is 54.6. The van der Waals surface area contributed by atoms with E-state index in [1.807, 2.05) is 48.5 Å². The zero-order valence-corrected chi connectivity index (χ0v) is 79.8. The largest absolute Gasteiger partial charge is 0.390 e. The minimum atomic E-state index is -1.75. The molecular formula is C110H180O10. The van der Waals surface area contributed by atoms with E-state index in [1.54, 1.807) is 20.8 Å². The Bertz CT molecular complexity index is 4130. The molecule has 20 rings (SSSR count). The third-order valence-electron chi connectivity index (χ3n) is 45.5. The molecule has 5 N–H and O–H groups in total. The van der Waals surface area contributed by atoms with Gasteiger partial charge in [-0.25, -0.2) is 0 Å². The van der Waals surface area contributed by atoms with E-state index in [0.29, 0.717) is 124 Å². The zero-order chi connectivity index (χ0) is 92.9. The van der Waals surface area contributed by atoms with Crippen molar-refractivity contribution in [2.75, 3.05) is 0 Å². The highest BCUT2D eigenvalue weighted by Gasteiger charge is 2.69. The van der Waals surface area contributed by atoms with Crippen LogP contribution in [0.25, 0.3) is 0 Å². The van der Waals surface area contributed by atoms with Crippen molar-refractivity contribution in [3.63, 3.8) is 0 Å². The van der Waals surface area contributed by atoms with Crippen molar-refractivity contribution in [3.8, 4) is 0 Å². The third-order valence-corrected chi connectivity index (χ3v) is 45.5. The summed E-state index contributed by atoms with van der Waals surface area (Å²) in [7, 11) is 0. The van der Waals surface area contributed by atoms with Crippen LogP contribution in [0.5, 0.6) is 0 Å². The normalized spacial score (nSPS) is 60.5. The molecule has 0 aromatic rings. The van der Waals surface area contributed by atoms with E-state index in [-0.39, 0.29) is 73.9 Å². The maximum absolute atomic E-state index is 12.5. The van der Waals surface area contributed by atoms with Crippen LogP contribution < -0.4 is 0 Å². The van der Waals surface area contributed by atoms with Crippen LogP contribution in [0.1, 0.15) is 437 Å². The molecule has 0 aromatic carbocycles. The van der Waals surface area contributed by atoms with Crippen molar-refractivity contribution in [3.05, 3.63) is 0 Å². The number of Topliss-reactive ketones (excluding diaryl/α,β-unsaturated/α-hetero) is 5. The summed E-state index contributed by atoms with van der Waals surface area (Å²) in [6.45, 7) is 42.0. The quantitative estimate of drug-likeness (QED) is 0.177. The lowest BCUT2D eigenvalue weighted by molar-refractivity contribution is -0.150. The second-order valence-corrected chi connectivity index (χ2v) is 52.0. The first-order valence-corrected chi connectivity index (χ1v) is 51.1. The van der Waals surface area contributed by atoms with Crippen molar-refractivity contribution < 1.29 is 59.1 Å². The third kappa shape index (κ3) is 15.2. The molecular weight excluding hydrogens is 1480 g/mol. The number of carbonyl (C=O) groups excluding carboxylic acids is 5. The molecule has 20 aliphatic rings. The summed E-state index contributed by atoms with van der Waals surface area (Å²) in [5, 5.41) is 52.9. The van der Waals surface area contributed by atoms with Gasteiger partial charge in [-0.2, -0.15) is 0 Å². The van der Waals surface area contributed by atoms with E-state index in [0.717, 1.165) is 209 Å². The molecule has 0 amide bonds. The van der Waals surface area contributed by atoms with E-state index in [4.69, 9.17) is 9.60 Å². The highest BCUT2D eigenvalue weighted by atomic mass is 16.3. The predicted molar refractivity (Wildman–Crippen MR) is 483 cm³/mol. The maximum Gasteiger partial charge on any atom is 0.133 e. The lowest BCUT2D eigenvalue weighted by atomic mass is 9.44. The zero-order valence-electron chi connectivity index (χ0n) is 86.8. The molecule has 20 aliphatic carbocycles. The summed E-state index contributed by atoms with van der Waals surface area (Å²) < 4.78 is 60.9. The molecule has 0 aromatic heterocycles. The van der Waals surface area contributed by atoms with Gasteiger partial charge in [-0.1, -0.05) is 69.2 Å². The second-order valence-electron chi connectivity index (χ2n) is 52.0. The topological polar surface area (TPSA) is 186 Å². The molecule has 20 fully saturated rings. The van der Waals surface area contributed by atoms with Crippen LogP contribution in [-0.4, -0.2) is 82.5 Å². The molecule has 120 heavy (non-hydrogen) atoms. The predicted octanol–water partition coefficient (Wildman–Crippen LogP) is 24.9. The molecule has 41 atom stereocenters. The average Bonchev–Trinajstić information content (AvgIpc) is 1.53. The summed E-state index contributed by atoms with van der Waals surface area (Å²) in [5.41, 5.74) is -1.31. The number of ketones is 5. The van der Waals surface area contributed by atoms with Crippen LogP contribution in [0.4, 0.5) is 0 Å². The van der Waals surface area contributed by atoms with Crippen molar-refractivity contribution in [2.24, 2.45) is 202 Å². The number of fused-ring (bicyclic) bond motifs is 25. The molecule has 10 heteroatoms. The van der Waals surface area contributed by atoms with Gasteiger partial charge in [0.25, 0.3) is 0 Å². The Morgan fingerprint density at radius 3 is 0.783 bits per heavy atom. The molecule has 0 radical (unpaired) electrons. The van der Waals surface area contributed by atoms with Gasteiger partial charge in [0.2, 0.25) is 0 Å². The van der Waals surface area contributed by atoms with E-state index in [9.17, 15) is 49.5 Å². The number of carbonyl (C=O) groups is 5. The smallest absolute Gasteiger partial charge is 0.133 e. The van der Waals surface area contributed by atoms with Gasteiger partial charge >= 0.3 is 0 Å². The summed E-state index contributed by atoms with van der Waals surface area (Å²) in [6.07, 6.45) is 40.8. The molecule has 0 aliphatic heterocycles. The summed E-state index contributed by atoms with van der Waals surface area (Å²) in [4.78, 5) is 61.7. The maximum atomic E-state index is 12.5. The Morgan fingerprint density at radius 2 is 0.467 bits per heavy atom. The van der Waals surface area contributed by atoms with E-state index < -0.39 is 63.9 Å². The highest BCUT2D eigenvalue weighted by molar-refractivity contribution is 5.81. The van der Waals surface area contributed by atoms with E-state index in [1.165, 1.54) is 84.0 Å². The number of hydrogen-bond acceptors (Lipinski definition) is 10. The minimum Gasteiger partial charge on any atom is -0.390 e. The standard InChI is InChI=1S/5C22H36O2/c5*1-14(23)17-7-8-18-16-6-5-15-13-20(2,24)11-12-21(15,3)19(16)9-10-22(17,18)4/h5*15-19,24H,5-13H2,1-4H3/t5*15-,16-,17+,18-,19-,20+,21-,22+/m00000/s1/i7D2,17D;17D;7D2;7D;/t3m;7?,15-,16-,17+,18-,19-,20+,21-,22+;. The molecule has 0 heterocycles. The summed E-state index contributed by atoms with van der Waals surface area (Å²) in [5.74, 6) is 10.0. The second kappa shape index (κ2) is 31.7. The first-order chi connectivity index (χ1) is 58.5. The molecule has 0 bridgehead atoms. The fraction of sp³-hybridized carbons (Fsp3) is 0.955. The Labute approximate surface area is 741 Å². The van der Waals surface area contributed by atoms with Gasteiger partial charge in [-0.15, -0.1) is 0 Å². The molecule has 0 spiro atoms. The highest BCUT2D eigenvalue weighted by Crippen LogP contribution is 2.75. The van der Waals surface area contributed by atoms with Crippen LogP contribution in [0.15, 0.2) is 0 Å². The van der Waals surface area contributed by atoms with Crippen molar-refractivity contribution >= 4 is 28.9 Å². The molecule has 0 saturated heterocycles. The van der Waals surface area contributed by atoms with Gasteiger partial charge < -0.3 is 25.5 Å². The minimum absolute atomic E-state index is 0.0453. The first kappa shape index (κ1) is 82.6. The van der Waals surface area contributed by atoms with Crippen LogP contribution >= 0.6 is 0 Å². The van der Waals surface area contributed by atoms with Crippen LogP contribution in [0.2, 0.25) is 0 Å². The van der Waals surface area contributed by atoms with Crippen LogP contribution in [0.3, 0.4) is 0 Å². The van der Waals surface area contributed by atoms with E-state index in [2.05, 4.69) is 62.3 Å². The monoisotopic (exact) mass is 1670 g/mol. The van der Waals surface area contributed by atoms with Crippen molar-refractivity contribution in [1.29, 1.82) is 0 Å². The van der Waals surface area contributed by atoms with Gasteiger partial charge in [0, 0.05) is 39.1 Å². The fourth-order valence-electron chi connectivity index (χ4n) is 38.7. The molecule has 1 unspecified atom stereocenters. The number of hydrogen-bond donors (Lipinski definition) is 5. The Kier molecular flexibility index (Phi) is 21.8. The van der Waals surface area contributed by atoms with Crippen molar-refractivity contribution in [2.45, 2.75) is 455 Å². The van der Waals surface area contributed by atoms with Crippen LogP contribution in [-0.2, 0) is 24.0 Å². The average molecular weight is 1670 g/mol. The van der Waals surface area contributed by atoms with Crippen LogP contribution in [0, 0.1) is 202 Å². The van der Waals surface area contributed by atoms with Gasteiger partial charge in [0.05, 0.1) is 28.0 Å². The summed E-state index contributed by atoms with van der Waals surface area (Å²) >= 11 is 0. The Hall–Kier alpha value is -1.85. The van der Waals surface area contributed by atoms with Gasteiger partial charge in [0.15, 0.2) is 0 Å². The SMILES string of the molecule is CC(=O)[C@H]1CC[C@H]2[C@@H]3CC[C@H]4C[C@](C)(O)CC[C@]4(C)[C@H]3CC[C@]12C.[2H]C1([2H])C[C@H]2[C@@H]3CC[C@H]4C[C@](C)(O)CC[C@]4(C)[C@H]3CC[C@]2(C)[C@@]1([2H])C(C)=O.[2H]C1([2H])C[C@H]2[C@@H]3CC[C@H]4C[C@](C)(O)CC[C@]4(C)[C@H]3CC[C@]2(C)[C@H]1C(C)=O.[2H]C1C[C@H]2[C@@H]3CC[C@H]4C[C@](C)(O)CC[C@]4(C)[C@H]3CC[C@]2(C)[C@H]1C(C)=O.[2H][C@]1(C(C)=O)CC[C@H]2[C@@H]3CC[C@H]4C[C@](C)(O)CC[C@]4(C)[C@H]3CC[C@@]21C. The van der Waals surface area contributed by atoms with Gasteiger partial charge in [-0.3, -0.25) is 24.0 Å². The fourth-order valence-corrected chi connectivity index (χ4v) is 38.7. The van der Waals surface area contributed by atoms with Gasteiger partial charge in [-0.05, 0) is 531 Å². The lowest BCUT2D eigenvalue weighted by Gasteiger charge is -2.61. The molecule has 680 valence electrons. The van der Waals surface area contributed by atoms with Gasteiger partial charge in [0.1, 0.15) is 28.9 Å². The lowest BCUT2D eigenvalue weighted by Crippen LogP contribution is -2.55. The van der Waals surface area contributed by atoms with Crippen molar-refractivity contribution in [1.82, 2.24) is 0 Å². The molecule has 10 nitrogen and oxygen atoms in total.